The normalized spacial score (nSPS) is 12.5. The molecule has 1 heterocycles. The number of carbonyl (C=O) groups is 1. The second kappa shape index (κ2) is 4.70. The van der Waals surface area contributed by atoms with Crippen LogP contribution in [0.5, 0.6) is 0 Å². The van der Waals surface area contributed by atoms with Crippen molar-refractivity contribution in [3.8, 4) is 0 Å². The lowest BCUT2D eigenvalue weighted by Crippen LogP contribution is -2.27. The summed E-state index contributed by atoms with van der Waals surface area (Å²) < 4.78 is 4.95. The van der Waals surface area contributed by atoms with Gasteiger partial charge in [0.1, 0.15) is 0 Å². The average Bonchev–Trinajstić information content (AvgIpc) is 2.66. The minimum Gasteiger partial charge on any atom is -0.459 e. The maximum absolute atomic E-state index is 11.3. The van der Waals surface area contributed by atoms with Gasteiger partial charge >= 0.3 is 0 Å². The number of nitrogens with one attached hydrogen (secondary N) is 1. The van der Waals surface area contributed by atoms with Crippen LogP contribution in [-0.4, -0.2) is 12.5 Å². The molecule has 1 aromatic rings. The Labute approximate surface area is 78.1 Å². The Kier molecular flexibility index (Phi) is 3.55. The zero-order chi connectivity index (χ0) is 9.68. The predicted octanol–water partition coefficient (Wildman–Crippen LogP) is 2.06. The molecule has 0 radical (unpaired) electrons. The molecule has 0 spiro atoms. The molecule has 0 bridgehead atoms. The number of amides is 1. The summed E-state index contributed by atoms with van der Waals surface area (Å²) in [5, 5.41) is 2.80. The molecule has 0 aliphatic heterocycles. The number of rotatable bonds is 4. The van der Waals surface area contributed by atoms with Crippen molar-refractivity contribution in [3.05, 3.63) is 24.2 Å². The molecule has 13 heavy (non-hydrogen) atoms. The van der Waals surface area contributed by atoms with Crippen LogP contribution in [0.4, 0.5) is 0 Å². The van der Waals surface area contributed by atoms with Crippen molar-refractivity contribution in [3.63, 3.8) is 0 Å². The fraction of sp³-hybridized carbons (Fsp3) is 0.500. The molecule has 3 nitrogen and oxygen atoms in total. The Morgan fingerprint density at radius 3 is 3.00 bits per heavy atom. The van der Waals surface area contributed by atoms with Gasteiger partial charge in [-0.25, -0.2) is 0 Å². The number of furan rings is 1. The maximum Gasteiger partial charge on any atom is 0.286 e. The van der Waals surface area contributed by atoms with Crippen molar-refractivity contribution < 1.29 is 9.21 Å². The van der Waals surface area contributed by atoms with Crippen LogP contribution in [0.2, 0.25) is 0 Å². The molecule has 1 rings (SSSR count). The highest BCUT2D eigenvalue weighted by molar-refractivity contribution is 5.91. The molecule has 0 aliphatic carbocycles. The van der Waals surface area contributed by atoms with Crippen LogP contribution in [0.3, 0.4) is 0 Å². The highest BCUT2D eigenvalue weighted by Gasteiger charge is 2.08. The van der Waals surface area contributed by atoms with Gasteiger partial charge in [0.05, 0.1) is 6.26 Å². The van der Waals surface area contributed by atoms with Crippen LogP contribution in [0.15, 0.2) is 22.8 Å². The van der Waals surface area contributed by atoms with Crippen LogP contribution in [-0.2, 0) is 0 Å². The van der Waals surface area contributed by atoms with Crippen LogP contribution in [0, 0.1) is 5.92 Å². The minimum absolute atomic E-state index is 0.134. The van der Waals surface area contributed by atoms with Crippen LogP contribution in [0.1, 0.15) is 30.8 Å². The average molecular weight is 181 g/mol. The first-order valence-corrected chi connectivity index (χ1v) is 4.55. The summed E-state index contributed by atoms with van der Waals surface area (Å²) in [7, 11) is 0. The number of hydrogen-bond acceptors (Lipinski definition) is 2. The molecule has 1 atom stereocenters. The van der Waals surface area contributed by atoms with Crippen molar-refractivity contribution >= 4 is 5.91 Å². The zero-order valence-electron chi connectivity index (χ0n) is 8.04. The van der Waals surface area contributed by atoms with E-state index in [1.54, 1.807) is 12.1 Å². The van der Waals surface area contributed by atoms with Crippen molar-refractivity contribution in [2.45, 2.75) is 20.3 Å². The fourth-order valence-corrected chi connectivity index (χ4v) is 0.906. The van der Waals surface area contributed by atoms with E-state index in [1.807, 2.05) is 0 Å². The monoisotopic (exact) mass is 181 g/mol. The highest BCUT2D eigenvalue weighted by Crippen LogP contribution is 2.01. The molecule has 3 heteroatoms. The van der Waals surface area contributed by atoms with Gasteiger partial charge in [-0.2, -0.15) is 0 Å². The minimum atomic E-state index is -0.134. The van der Waals surface area contributed by atoms with E-state index < -0.39 is 0 Å². The molecular formula is C10H15NO2. The number of hydrogen-bond donors (Lipinski definition) is 1. The lowest BCUT2D eigenvalue weighted by molar-refractivity contribution is 0.0920. The molecule has 1 aromatic heterocycles. The Morgan fingerprint density at radius 1 is 1.69 bits per heavy atom. The van der Waals surface area contributed by atoms with E-state index in [9.17, 15) is 4.79 Å². The summed E-state index contributed by atoms with van der Waals surface area (Å²) in [4.78, 5) is 11.3. The first kappa shape index (κ1) is 9.84. The lowest BCUT2D eigenvalue weighted by atomic mass is 10.1. The van der Waals surface area contributed by atoms with Crippen LogP contribution < -0.4 is 5.32 Å². The number of carbonyl (C=O) groups excluding carboxylic acids is 1. The van der Waals surface area contributed by atoms with Gasteiger partial charge in [0, 0.05) is 6.54 Å². The van der Waals surface area contributed by atoms with Gasteiger partial charge in [-0.05, 0) is 18.1 Å². The fourth-order valence-electron chi connectivity index (χ4n) is 0.906. The zero-order valence-corrected chi connectivity index (χ0v) is 8.04. The van der Waals surface area contributed by atoms with E-state index in [2.05, 4.69) is 19.2 Å². The third kappa shape index (κ3) is 2.93. The predicted molar refractivity (Wildman–Crippen MR) is 50.5 cm³/mol. The molecular weight excluding hydrogens is 166 g/mol. The van der Waals surface area contributed by atoms with E-state index in [0.717, 1.165) is 6.42 Å². The Bertz CT molecular complexity index is 254. The van der Waals surface area contributed by atoms with Gasteiger partial charge in [0.2, 0.25) is 0 Å². The van der Waals surface area contributed by atoms with Crippen LogP contribution >= 0.6 is 0 Å². The molecule has 1 amide bonds. The van der Waals surface area contributed by atoms with E-state index >= 15 is 0 Å². The SMILES string of the molecule is CCC(C)CNC(=O)c1ccco1. The van der Waals surface area contributed by atoms with Crippen molar-refractivity contribution in [2.24, 2.45) is 5.92 Å². The molecule has 72 valence electrons. The van der Waals surface area contributed by atoms with E-state index in [-0.39, 0.29) is 5.91 Å². The van der Waals surface area contributed by atoms with Gasteiger partial charge in [0.25, 0.3) is 5.91 Å². The quantitative estimate of drug-likeness (QED) is 0.772. The molecule has 0 saturated carbocycles. The summed E-state index contributed by atoms with van der Waals surface area (Å²) in [5.74, 6) is 0.757. The van der Waals surface area contributed by atoms with Crippen molar-refractivity contribution in [2.75, 3.05) is 6.54 Å². The second-order valence-corrected chi connectivity index (χ2v) is 3.20. The molecule has 1 unspecified atom stereocenters. The molecule has 0 fully saturated rings. The van der Waals surface area contributed by atoms with Gasteiger partial charge in [-0.3, -0.25) is 4.79 Å². The third-order valence-corrected chi connectivity index (χ3v) is 2.05. The largest absolute Gasteiger partial charge is 0.459 e. The molecule has 1 N–H and O–H groups in total. The summed E-state index contributed by atoms with van der Waals surface area (Å²) in [6.07, 6.45) is 2.57. The third-order valence-electron chi connectivity index (χ3n) is 2.05. The van der Waals surface area contributed by atoms with Gasteiger partial charge < -0.3 is 9.73 Å². The second-order valence-electron chi connectivity index (χ2n) is 3.20. The van der Waals surface area contributed by atoms with Gasteiger partial charge in [-0.15, -0.1) is 0 Å². The summed E-state index contributed by atoms with van der Waals surface area (Å²) in [6.45, 7) is 4.90. The van der Waals surface area contributed by atoms with E-state index in [4.69, 9.17) is 4.42 Å². The lowest BCUT2D eigenvalue weighted by Gasteiger charge is -2.08. The standard InChI is InChI=1S/C10H15NO2/c1-3-8(2)7-11-10(12)9-5-4-6-13-9/h4-6,8H,3,7H2,1-2H3,(H,11,12). The molecule has 0 saturated heterocycles. The molecule has 0 aromatic carbocycles. The van der Waals surface area contributed by atoms with Crippen molar-refractivity contribution in [1.29, 1.82) is 0 Å². The summed E-state index contributed by atoms with van der Waals surface area (Å²) >= 11 is 0. The summed E-state index contributed by atoms with van der Waals surface area (Å²) in [5.41, 5.74) is 0. The Morgan fingerprint density at radius 2 is 2.46 bits per heavy atom. The first-order valence-electron chi connectivity index (χ1n) is 4.55. The van der Waals surface area contributed by atoms with E-state index in [1.165, 1.54) is 6.26 Å². The van der Waals surface area contributed by atoms with Gasteiger partial charge in [0.15, 0.2) is 5.76 Å². The van der Waals surface area contributed by atoms with Crippen LogP contribution in [0.25, 0.3) is 0 Å². The molecule has 0 aliphatic rings. The smallest absolute Gasteiger partial charge is 0.286 e. The van der Waals surface area contributed by atoms with E-state index in [0.29, 0.717) is 18.2 Å². The maximum atomic E-state index is 11.3. The Hall–Kier alpha value is -1.25. The first-order chi connectivity index (χ1) is 6.24. The summed E-state index contributed by atoms with van der Waals surface area (Å²) in [6, 6.07) is 3.37. The van der Waals surface area contributed by atoms with Gasteiger partial charge in [-0.1, -0.05) is 20.3 Å². The Balaban J connectivity index is 2.35. The van der Waals surface area contributed by atoms with Crippen molar-refractivity contribution in [1.82, 2.24) is 5.32 Å². The highest BCUT2D eigenvalue weighted by atomic mass is 16.3. The topological polar surface area (TPSA) is 42.2 Å².